The van der Waals surface area contributed by atoms with E-state index in [9.17, 15) is 10.1 Å². The lowest BCUT2D eigenvalue weighted by atomic mass is 10.1. The van der Waals surface area contributed by atoms with Crippen LogP contribution in [0.15, 0.2) is 47.0 Å². The number of ether oxygens (including phenoxy) is 3. The first-order valence-corrected chi connectivity index (χ1v) is 10.1. The lowest BCUT2D eigenvalue weighted by Gasteiger charge is -2.17. The highest BCUT2D eigenvalue weighted by atomic mass is 16.6. The summed E-state index contributed by atoms with van der Waals surface area (Å²) >= 11 is 0. The van der Waals surface area contributed by atoms with Crippen molar-refractivity contribution in [1.29, 1.82) is 0 Å². The fourth-order valence-electron chi connectivity index (χ4n) is 3.08. The summed E-state index contributed by atoms with van der Waals surface area (Å²) < 4.78 is 21.3. The zero-order valence-electron chi connectivity index (χ0n) is 18.3. The van der Waals surface area contributed by atoms with Crippen LogP contribution in [0.2, 0.25) is 0 Å². The van der Waals surface area contributed by atoms with Gasteiger partial charge in [0.1, 0.15) is 0 Å². The third-order valence-corrected chi connectivity index (χ3v) is 4.88. The van der Waals surface area contributed by atoms with Crippen molar-refractivity contribution in [2.75, 3.05) is 41.0 Å². The first kappa shape index (κ1) is 23.0. The van der Waals surface area contributed by atoms with Gasteiger partial charge in [0, 0.05) is 30.8 Å². The van der Waals surface area contributed by atoms with Crippen LogP contribution in [0.5, 0.6) is 17.5 Å². The molecule has 2 aromatic carbocycles. The van der Waals surface area contributed by atoms with Gasteiger partial charge < -0.3 is 23.6 Å². The van der Waals surface area contributed by atoms with E-state index in [1.54, 1.807) is 26.4 Å². The van der Waals surface area contributed by atoms with E-state index in [2.05, 4.69) is 22.1 Å². The minimum Gasteiger partial charge on any atom is -0.493 e. The van der Waals surface area contributed by atoms with Crippen molar-refractivity contribution < 1.29 is 23.7 Å². The molecule has 0 aliphatic carbocycles. The lowest BCUT2D eigenvalue weighted by molar-refractivity contribution is -0.384. The van der Waals surface area contributed by atoms with Gasteiger partial charge in [-0.15, -0.1) is 0 Å². The molecule has 0 saturated carbocycles. The smallest absolute Gasteiger partial charge is 0.354 e. The predicted octanol–water partition coefficient (Wildman–Crippen LogP) is 3.61. The second kappa shape index (κ2) is 11.1. The van der Waals surface area contributed by atoms with E-state index in [0.29, 0.717) is 12.2 Å². The number of nitrogens with zero attached hydrogens (tertiary/aromatic N) is 4. The zero-order valence-corrected chi connectivity index (χ0v) is 18.3. The fraction of sp³-hybridized carbons (Fsp3) is 0.364. The molecule has 1 aromatic heterocycles. The molecular weight excluding hydrogens is 416 g/mol. The number of aromatic nitrogens is 2. The molecule has 0 saturated heterocycles. The van der Waals surface area contributed by atoms with Gasteiger partial charge in [-0.25, -0.2) is 0 Å². The Bertz CT molecular complexity index is 1020. The van der Waals surface area contributed by atoms with Crippen LogP contribution < -0.4 is 14.2 Å². The summed E-state index contributed by atoms with van der Waals surface area (Å²) in [6.07, 6.45) is 1.69. The molecule has 1 heterocycles. The van der Waals surface area contributed by atoms with E-state index >= 15 is 0 Å². The first-order valence-electron chi connectivity index (χ1n) is 10.1. The van der Waals surface area contributed by atoms with Gasteiger partial charge in [-0.05, 0) is 54.9 Å². The number of likely N-dealkylation sites (N-methyl/N-ethyl adjacent to an activating group) is 1. The van der Waals surface area contributed by atoms with Gasteiger partial charge >= 0.3 is 6.01 Å². The molecule has 0 fully saturated rings. The Kier molecular flexibility index (Phi) is 7.98. The normalized spacial score (nSPS) is 10.9. The van der Waals surface area contributed by atoms with Crippen LogP contribution in [0, 0.1) is 10.1 Å². The van der Waals surface area contributed by atoms with Crippen molar-refractivity contribution in [2.24, 2.45) is 0 Å². The lowest BCUT2D eigenvalue weighted by Crippen LogP contribution is -2.23. The van der Waals surface area contributed by atoms with E-state index < -0.39 is 4.92 Å². The third kappa shape index (κ3) is 6.17. The molecule has 0 aliphatic rings. The van der Waals surface area contributed by atoms with Crippen LogP contribution in [-0.2, 0) is 6.42 Å². The standard InChI is InChI=1S/C22H26N4O6/c1-25(13-11-16-5-10-19(29-2)20(15-16)30-3)12-4-14-31-22-23-21(32-24-22)17-6-8-18(9-7-17)26(27)28/h5-10,15H,4,11-14H2,1-3H3. The van der Waals surface area contributed by atoms with Crippen LogP contribution in [0.25, 0.3) is 11.5 Å². The summed E-state index contributed by atoms with van der Waals surface area (Å²) in [5.41, 5.74) is 1.77. The Labute approximate surface area is 185 Å². The molecule has 0 spiro atoms. The number of nitro groups is 1. The van der Waals surface area contributed by atoms with E-state index in [4.69, 9.17) is 18.7 Å². The molecule has 0 radical (unpaired) electrons. The van der Waals surface area contributed by atoms with Crippen LogP contribution in [0.4, 0.5) is 5.69 Å². The topological polar surface area (TPSA) is 113 Å². The maximum Gasteiger partial charge on any atom is 0.354 e. The largest absolute Gasteiger partial charge is 0.493 e. The SMILES string of the molecule is COc1ccc(CCN(C)CCCOc2noc(-c3ccc([N+](=O)[O-])cc3)n2)cc1OC. The quantitative estimate of drug-likeness (QED) is 0.236. The van der Waals surface area contributed by atoms with Gasteiger partial charge in [0.25, 0.3) is 11.6 Å². The minimum absolute atomic E-state index is 0.0000124. The molecule has 10 nitrogen and oxygen atoms in total. The Morgan fingerprint density at radius 1 is 1.06 bits per heavy atom. The Morgan fingerprint density at radius 3 is 2.50 bits per heavy atom. The van der Waals surface area contributed by atoms with Crippen LogP contribution in [0.3, 0.4) is 0 Å². The minimum atomic E-state index is -0.461. The number of methoxy groups -OCH3 is 2. The average Bonchev–Trinajstić information content (AvgIpc) is 3.29. The average molecular weight is 442 g/mol. The molecule has 3 rings (SSSR count). The second-order valence-corrected chi connectivity index (χ2v) is 7.13. The van der Waals surface area contributed by atoms with E-state index in [1.165, 1.54) is 17.7 Å². The van der Waals surface area contributed by atoms with Crippen molar-refractivity contribution in [3.05, 3.63) is 58.1 Å². The summed E-state index contributed by atoms with van der Waals surface area (Å²) in [6.45, 7) is 2.18. The monoisotopic (exact) mass is 442 g/mol. The number of rotatable bonds is 12. The number of benzene rings is 2. The highest BCUT2D eigenvalue weighted by Crippen LogP contribution is 2.27. The molecule has 10 heteroatoms. The molecule has 32 heavy (non-hydrogen) atoms. The number of non-ortho nitro benzene ring substituents is 1. The van der Waals surface area contributed by atoms with Gasteiger partial charge in [-0.3, -0.25) is 10.1 Å². The number of hydrogen-bond acceptors (Lipinski definition) is 9. The summed E-state index contributed by atoms with van der Waals surface area (Å²) in [5, 5.41) is 14.5. The van der Waals surface area contributed by atoms with E-state index in [0.717, 1.165) is 37.4 Å². The number of nitro benzene ring substituents is 1. The molecule has 0 N–H and O–H groups in total. The maximum atomic E-state index is 10.7. The van der Waals surface area contributed by atoms with Crippen molar-refractivity contribution >= 4 is 5.69 Å². The third-order valence-electron chi connectivity index (χ3n) is 4.88. The zero-order chi connectivity index (χ0) is 22.9. The van der Waals surface area contributed by atoms with E-state index in [1.807, 2.05) is 18.2 Å². The van der Waals surface area contributed by atoms with Crippen LogP contribution >= 0.6 is 0 Å². The van der Waals surface area contributed by atoms with Crippen molar-refractivity contribution in [1.82, 2.24) is 15.0 Å². The van der Waals surface area contributed by atoms with Crippen LogP contribution in [-0.4, -0.2) is 60.9 Å². The van der Waals surface area contributed by atoms with E-state index in [-0.39, 0.29) is 17.6 Å². The maximum absolute atomic E-state index is 10.7. The van der Waals surface area contributed by atoms with Gasteiger partial charge in [0.05, 0.1) is 25.7 Å². The first-order chi connectivity index (χ1) is 15.5. The summed E-state index contributed by atoms with van der Waals surface area (Å²) in [5.74, 6) is 1.70. The second-order valence-electron chi connectivity index (χ2n) is 7.13. The Morgan fingerprint density at radius 2 is 1.81 bits per heavy atom. The molecule has 0 amide bonds. The summed E-state index contributed by atoms with van der Waals surface area (Å²) in [4.78, 5) is 16.7. The molecule has 0 aliphatic heterocycles. The summed E-state index contributed by atoms with van der Waals surface area (Å²) in [7, 11) is 5.31. The Balaban J connectivity index is 1.39. The Hall–Kier alpha value is -3.66. The van der Waals surface area contributed by atoms with Gasteiger partial charge in [-0.2, -0.15) is 4.98 Å². The number of hydrogen-bond donors (Lipinski definition) is 0. The fourth-order valence-corrected chi connectivity index (χ4v) is 3.08. The highest BCUT2D eigenvalue weighted by molar-refractivity contribution is 5.55. The van der Waals surface area contributed by atoms with Crippen molar-refractivity contribution in [3.8, 4) is 29.0 Å². The van der Waals surface area contributed by atoms with Crippen molar-refractivity contribution in [2.45, 2.75) is 12.8 Å². The van der Waals surface area contributed by atoms with Crippen molar-refractivity contribution in [3.63, 3.8) is 0 Å². The van der Waals surface area contributed by atoms with Gasteiger partial charge in [0.2, 0.25) is 0 Å². The molecule has 0 bridgehead atoms. The predicted molar refractivity (Wildman–Crippen MR) is 117 cm³/mol. The van der Waals surface area contributed by atoms with Gasteiger partial charge in [0.15, 0.2) is 11.5 Å². The highest BCUT2D eigenvalue weighted by Gasteiger charge is 2.12. The molecule has 170 valence electrons. The molecule has 0 unspecified atom stereocenters. The molecular formula is C22H26N4O6. The van der Waals surface area contributed by atoms with Crippen LogP contribution in [0.1, 0.15) is 12.0 Å². The molecule has 0 atom stereocenters. The molecule has 3 aromatic rings. The summed E-state index contributed by atoms with van der Waals surface area (Å²) in [6, 6.07) is 12.0. The van der Waals surface area contributed by atoms with Gasteiger partial charge in [-0.1, -0.05) is 6.07 Å².